The number of thiazole rings is 1. The van der Waals surface area contributed by atoms with E-state index in [1.807, 2.05) is 24.3 Å². The third-order valence-electron chi connectivity index (χ3n) is 2.00. The minimum Gasteiger partial charge on any atom is -0.368 e. The topological polar surface area (TPSA) is 94.3 Å². The molecule has 1 heterocycles. The molecular weight excluding hydrogens is 286 g/mol. The third-order valence-corrected chi connectivity index (χ3v) is 4.18. The highest BCUT2D eigenvalue weighted by Crippen LogP contribution is 2.28. The molecule has 2 aromatic rings. The van der Waals surface area contributed by atoms with Gasteiger partial charge in [0.1, 0.15) is 0 Å². The summed E-state index contributed by atoms with van der Waals surface area (Å²) in [7, 11) is 0. The predicted molar refractivity (Wildman–Crippen MR) is 73.6 cm³/mol. The highest BCUT2D eigenvalue weighted by atomic mass is 32.2. The fraction of sp³-hybridized carbons (Fsp3) is 0.182. The lowest BCUT2D eigenvalue weighted by molar-refractivity contribution is -0.135. The molecule has 6 nitrogen and oxygen atoms in total. The highest BCUT2D eigenvalue weighted by Gasteiger charge is 2.07. The van der Waals surface area contributed by atoms with Crippen molar-refractivity contribution in [3.8, 4) is 0 Å². The van der Waals surface area contributed by atoms with E-state index < -0.39 is 5.91 Å². The smallest absolute Gasteiger partial charge is 0.253 e. The van der Waals surface area contributed by atoms with Crippen LogP contribution < -0.4 is 11.2 Å². The normalized spacial score (nSPS) is 10.5. The van der Waals surface area contributed by atoms with Gasteiger partial charge in [-0.2, -0.15) is 0 Å². The van der Waals surface area contributed by atoms with Gasteiger partial charge in [-0.1, -0.05) is 23.9 Å². The van der Waals surface area contributed by atoms with Crippen LogP contribution in [0.3, 0.4) is 0 Å². The molecule has 3 N–H and O–H groups in total. The second-order valence-corrected chi connectivity index (χ2v) is 5.77. The number of hydrogen-bond donors (Lipinski definition) is 2. The number of nitrogens with zero attached hydrogens (tertiary/aromatic N) is 1. The average molecular weight is 297 g/mol. The molecule has 0 radical (unpaired) electrons. The SMILES string of the molecule is NC(=O)CONC(=O)CSc1nc2ccccc2s1. The number of para-hydroxylation sites is 1. The Morgan fingerprint density at radius 3 is 2.95 bits per heavy atom. The van der Waals surface area contributed by atoms with Crippen LogP contribution in [0.15, 0.2) is 28.6 Å². The van der Waals surface area contributed by atoms with E-state index in [1.54, 1.807) is 0 Å². The number of nitrogens with two attached hydrogens (primary N) is 1. The van der Waals surface area contributed by atoms with Gasteiger partial charge in [-0.25, -0.2) is 10.5 Å². The molecule has 1 aromatic heterocycles. The Morgan fingerprint density at radius 1 is 1.42 bits per heavy atom. The molecule has 0 fully saturated rings. The van der Waals surface area contributed by atoms with Crippen LogP contribution in [0.25, 0.3) is 10.2 Å². The van der Waals surface area contributed by atoms with Gasteiger partial charge in [-0.05, 0) is 12.1 Å². The number of thioether (sulfide) groups is 1. The summed E-state index contributed by atoms with van der Waals surface area (Å²) in [6, 6.07) is 7.76. The number of carbonyl (C=O) groups is 2. The standard InChI is InChI=1S/C11H11N3O3S2/c12-9(15)5-17-14-10(16)6-18-11-13-7-3-1-2-4-8(7)19-11/h1-4H,5-6H2,(H2,12,15)(H,14,16). The predicted octanol–water partition coefficient (Wildman–Crippen LogP) is 0.921. The average Bonchev–Trinajstić information content (AvgIpc) is 2.78. The van der Waals surface area contributed by atoms with Gasteiger partial charge in [0.2, 0.25) is 5.91 Å². The van der Waals surface area contributed by atoms with Gasteiger partial charge < -0.3 is 5.73 Å². The van der Waals surface area contributed by atoms with Crippen LogP contribution in [-0.4, -0.2) is 29.2 Å². The van der Waals surface area contributed by atoms with E-state index in [9.17, 15) is 9.59 Å². The minimum atomic E-state index is -0.640. The number of carbonyl (C=O) groups excluding carboxylic acids is 2. The number of rotatable bonds is 6. The van der Waals surface area contributed by atoms with Crippen LogP contribution >= 0.6 is 23.1 Å². The van der Waals surface area contributed by atoms with Crippen LogP contribution in [0.2, 0.25) is 0 Å². The van der Waals surface area contributed by atoms with Crippen LogP contribution in [0.5, 0.6) is 0 Å². The van der Waals surface area contributed by atoms with Crippen molar-refractivity contribution in [2.75, 3.05) is 12.4 Å². The van der Waals surface area contributed by atoms with E-state index in [0.717, 1.165) is 14.6 Å². The molecule has 0 unspecified atom stereocenters. The van der Waals surface area contributed by atoms with Crippen LogP contribution in [0.1, 0.15) is 0 Å². The molecule has 0 atom stereocenters. The summed E-state index contributed by atoms with van der Waals surface area (Å²) >= 11 is 2.84. The molecule has 19 heavy (non-hydrogen) atoms. The zero-order chi connectivity index (χ0) is 13.7. The number of hydroxylamine groups is 1. The van der Waals surface area contributed by atoms with Gasteiger partial charge in [-0.15, -0.1) is 11.3 Å². The molecule has 0 aliphatic carbocycles. The van der Waals surface area contributed by atoms with Crippen molar-refractivity contribution in [1.29, 1.82) is 0 Å². The van der Waals surface area contributed by atoms with Crippen molar-refractivity contribution in [3.05, 3.63) is 24.3 Å². The van der Waals surface area contributed by atoms with E-state index in [-0.39, 0.29) is 18.3 Å². The molecule has 0 saturated heterocycles. The first-order valence-electron chi connectivity index (χ1n) is 5.32. The van der Waals surface area contributed by atoms with Crippen molar-refractivity contribution in [2.45, 2.75) is 4.34 Å². The summed E-state index contributed by atoms with van der Waals surface area (Å²) in [5.41, 5.74) is 7.91. The van der Waals surface area contributed by atoms with Crippen molar-refractivity contribution in [3.63, 3.8) is 0 Å². The third kappa shape index (κ3) is 4.19. The van der Waals surface area contributed by atoms with Gasteiger partial charge in [0.05, 0.1) is 16.0 Å². The van der Waals surface area contributed by atoms with E-state index in [2.05, 4.69) is 15.3 Å². The number of fused-ring (bicyclic) bond motifs is 1. The molecule has 100 valence electrons. The van der Waals surface area contributed by atoms with Crippen LogP contribution in [0.4, 0.5) is 0 Å². The molecule has 2 rings (SSSR count). The van der Waals surface area contributed by atoms with E-state index in [0.29, 0.717) is 0 Å². The Kier molecular flexibility index (Phi) is 4.72. The molecule has 0 bridgehead atoms. The van der Waals surface area contributed by atoms with Crippen molar-refractivity contribution in [1.82, 2.24) is 10.5 Å². The summed E-state index contributed by atoms with van der Waals surface area (Å²) in [5.74, 6) is -0.817. The number of aromatic nitrogens is 1. The van der Waals surface area contributed by atoms with Crippen molar-refractivity contribution in [2.24, 2.45) is 5.73 Å². The Bertz CT molecular complexity index is 567. The molecule has 0 aliphatic rings. The Labute approximate surface area is 117 Å². The maximum absolute atomic E-state index is 11.4. The summed E-state index contributed by atoms with van der Waals surface area (Å²) in [6.45, 7) is -0.336. The monoisotopic (exact) mass is 297 g/mol. The largest absolute Gasteiger partial charge is 0.368 e. The lowest BCUT2D eigenvalue weighted by Gasteiger charge is -2.02. The lowest BCUT2D eigenvalue weighted by Crippen LogP contribution is -2.30. The van der Waals surface area contributed by atoms with Gasteiger partial charge in [-0.3, -0.25) is 14.4 Å². The fourth-order valence-electron chi connectivity index (χ4n) is 1.26. The first kappa shape index (κ1) is 13.8. The highest BCUT2D eigenvalue weighted by molar-refractivity contribution is 8.01. The molecule has 2 amide bonds. The fourth-order valence-corrected chi connectivity index (χ4v) is 3.11. The van der Waals surface area contributed by atoms with E-state index in [4.69, 9.17) is 5.73 Å². The number of nitrogens with one attached hydrogen (secondary N) is 1. The zero-order valence-electron chi connectivity index (χ0n) is 9.79. The molecule has 0 saturated carbocycles. The Morgan fingerprint density at radius 2 is 2.21 bits per heavy atom. The van der Waals surface area contributed by atoms with E-state index in [1.165, 1.54) is 23.1 Å². The first-order chi connectivity index (χ1) is 9.15. The van der Waals surface area contributed by atoms with Gasteiger partial charge in [0, 0.05) is 0 Å². The molecule has 0 aliphatic heterocycles. The Balaban J connectivity index is 1.81. The summed E-state index contributed by atoms with van der Waals surface area (Å²) < 4.78 is 1.89. The zero-order valence-corrected chi connectivity index (χ0v) is 11.4. The summed E-state index contributed by atoms with van der Waals surface area (Å²) in [6.07, 6.45) is 0. The number of hydrogen-bond acceptors (Lipinski definition) is 6. The number of benzene rings is 1. The van der Waals surface area contributed by atoms with Crippen LogP contribution in [-0.2, 0) is 14.4 Å². The summed E-state index contributed by atoms with van der Waals surface area (Å²) in [5, 5.41) is 0. The minimum absolute atomic E-state index is 0.165. The second kappa shape index (κ2) is 6.50. The van der Waals surface area contributed by atoms with E-state index >= 15 is 0 Å². The number of primary amides is 1. The maximum Gasteiger partial charge on any atom is 0.253 e. The number of amides is 2. The molecular formula is C11H11N3O3S2. The summed E-state index contributed by atoms with van der Waals surface area (Å²) in [4.78, 5) is 30.8. The Hall–Kier alpha value is -1.64. The van der Waals surface area contributed by atoms with Crippen molar-refractivity contribution >= 4 is 45.1 Å². The van der Waals surface area contributed by atoms with Crippen molar-refractivity contribution < 1.29 is 14.4 Å². The molecule has 0 spiro atoms. The van der Waals surface area contributed by atoms with Gasteiger partial charge >= 0.3 is 0 Å². The van der Waals surface area contributed by atoms with Gasteiger partial charge in [0.25, 0.3) is 5.91 Å². The molecule has 8 heteroatoms. The molecule has 1 aromatic carbocycles. The maximum atomic E-state index is 11.4. The lowest BCUT2D eigenvalue weighted by atomic mass is 10.3. The second-order valence-electron chi connectivity index (χ2n) is 3.52. The quantitative estimate of drug-likeness (QED) is 0.611. The first-order valence-corrected chi connectivity index (χ1v) is 7.12. The van der Waals surface area contributed by atoms with Gasteiger partial charge in [0.15, 0.2) is 10.9 Å². The van der Waals surface area contributed by atoms with Crippen LogP contribution in [0, 0.1) is 0 Å².